The molecule has 0 amide bonds. The van der Waals surface area contributed by atoms with Gasteiger partial charge in [-0.15, -0.1) is 13.2 Å². The van der Waals surface area contributed by atoms with Gasteiger partial charge in [0.05, 0.1) is 5.41 Å². The second-order valence-corrected chi connectivity index (χ2v) is 20.2. The zero-order valence-electron chi connectivity index (χ0n) is 46.5. The van der Waals surface area contributed by atoms with Gasteiger partial charge in [0, 0.05) is 10.8 Å². The fourth-order valence-electron chi connectivity index (χ4n) is 8.83. The molecule has 6 aliphatic carbocycles. The number of rotatable bonds is 12. The summed E-state index contributed by atoms with van der Waals surface area (Å²) in [5.41, 5.74) is 8.56. The number of hydrogen-bond donors (Lipinski definition) is 0. The minimum Gasteiger partial charge on any atom is -0.302 e. The monoisotopic (exact) mass is 1000 g/mol. The smallest absolute Gasteiger partial charge is 0.145 e. The fraction of sp³-hybridized carbons (Fsp3) is 0.477. The largest absolute Gasteiger partial charge is 0.302 e. The van der Waals surface area contributed by atoms with E-state index in [9.17, 15) is 38.4 Å². The van der Waals surface area contributed by atoms with E-state index in [0.717, 1.165) is 168 Å². The van der Waals surface area contributed by atoms with E-state index in [2.05, 4.69) is 97.4 Å². The molecule has 0 aromatic heterocycles. The maximum absolute atomic E-state index is 11.2. The summed E-state index contributed by atoms with van der Waals surface area (Å²) >= 11 is 0. The minimum atomic E-state index is -0.292. The summed E-state index contributed by atoms with van der Waals surface area (Å²) in [6.07, 6.45) is 47.8. The second-order valence-electron chi connectivity index (χ2n) is 20.2. The Kier molecular flexibility index (Phi) is 37.4. The highest BCUT2D eigenvalue weighted by atomic mass is 16.1. The van der Waals surface area contributed by atoms with Crippen LogP contribution in [0.25, 0.3) is 0 Å². The third kappa shape index (κ3) is 27.6. The van der Waals surface area contributed by atoms with Gasteiger partial charge in [-0.1, -0.05) is 120 Å². The number of aldehydes is 8. The standard InChI is InChI=1S/C12H18O.C10H12O.3C10H14O.C5H8O.2C4H6O/c1-9(2)12(8-13)6-5-10(3)7-11(12)4;11-7-8-4-5-9-2-1-3-10(9)6-8;1-8(2)10-5-3-9(7-11)4-6-10;1-3-10(8-11)6-4-9(2)5-7-10;1-3-10(8-11)6-4-5-9(2)7-10;1-5(2)3-4-6;2*1-2-3-4-5/h7-8,11H,1,5-6H2,2-4H3;1-2,4,7,9-10H,3,5-6H2;3,7,10H,1,4-6H2,2H3;3-4,8H,1,5-7H2,2H3;3,5,8H,1,4,6-7H2,2H3;3-4H,1-2H3;2*2-4H,1H3/b;;;;;;2*3-2+. The van der Waals surface area contributed by atoms with Crippen molar-refractivity contribution in [3.63, 3.8) is 0 Å². The van der Waals surface area contributed by atoms with Gasteiger partial charge in [0.15, 0.2) is 0 Å². The number of carbonyl (C=O) groups excluding carboxylic acids is 8. The van der Waals surface area contributed by atoms with Crippen LogP contribution >= 0.6 is 0 Å². The zero-order chi connectivity index (χ0) is 55.9. The first-order valence-electron chi connectivity index (χ1n) is 25.8. The molecular weight excluding hydrogens is 909 g/mol. The molecule has 6 rings (SSSR count). The first kappa shape index (κ1) is 69.1. The summed E-state index contributed by atoms with van der Waals surface area (Å²) in [6, 6.07) is 0. The van der Waals surface area contributed by atoms with Crippen LogP contribution in [0.3, 0.4) is 0 Å². The average Bonchev–Trinajstić information content (AvgIpc) is 3.87. The van der Waals surface area contributed by atoms with E-state index in [0.29, 0.717) is 11.8 Å². The lowest BCUT2D eigenvalue weighted by molar-refractivity contribution is -0.116. The average molecular weight is 1000 g/mol. The molecule has 0 bridgehead atoms. The molecule has 0 radical (unpaired) electrons. The summed E-state index contributed by atoms with van der Waals surface area (Å²) in [5.74, 6) is 2.38. The number of carbonyl (C=O) groups is 8. The number of allylic oxidation sites excluding steroid dienone is 22. The van der Waals surface area contributed by atoms with Crippen LogP contribution in [0.1, 0.15) is 159 Å². The van der Waals surface area contributed by atoms with Gasteiger partial charge < -0.3 is 14.4 Å². The van der Waals surface area contributed by atoms with E-state index in [4.69, 9.17) is 0 Å². The van der Waals surface area contributed by atoms with Crippen molar-refractivity contribution in [1.82, 2.24) is 0 Å². The molecule has 8 heteroatoms. The summed E-state index contributed by atoms with van der Waals surface area (Å²) in [7, 11) is 0. The van der Waals surface area contributed by atoms with Gasteiger partial charge in [0.2, 0.25) is 0 Å². The van der Waals surface area contributed by atoms with Gasteiger partial charge in [0.25, 0.3) is 0 Å². The fourth-order valence-corrected chi connectivity index (χ4v) is 8.83. The Labute approximate surface area is 441 Å². The van der Waals surface area contributed by atoms with Gasteiger partial charge >= 0.3 is 0 Å². The molecule has 0 fully saturated rings. The van der Waals surface area contributed by atoms with Crippen LogP contribution in [0.15, 0.2) is 156 Å². The Morgan fingerprint density at radius 1 is 0.644 bits per heavy atom. The van der Waals surface area contributed by atoms with Crippen LogP contribution in [0.4, 0.5) is 0 Å². The van der Waals surface area contributed by atoms with Crippen molar-refractivity contribution >= 4 is 50.3 Å². The molecule has 0 aromatic carbocycles. The maximum Gasteiger partial charge on any atom is 0.145 e. The number of hydrogen-bond acceptors (Lipinski definition) is 8. The Morgan fingerprint density at radius 3 is 1.59 bits per heavy atom. The van der Waals surface area contributed by atoms with E-state index in [1.54, 1.807) is 38.2 Å². The summed E-state index contributed by atoms with van der Waals surface area (Å²) in [5, 5.41) is 0. The Hall–Kier alpha value is -6.02. The van der Waals surface area contributed by atoms with Crippen LogP contribution in [0.2, 0.25) is 0 Å². The summed E-state index contributed by atoms with van der Waals surface area (Å²) < 4.78 is 0. The highest BCUT2D eigenvalue weighted by Gasteiger charge is 2.38. The lowest BCUT2D eigenvalue weighted by Crippen LogP contribution is -2.33. The van der Waals surface area contributed by atoms with Crippen LogP contribution in [0, 0.1) is 39.9 Å². The third-order valence-corrected chi connectivity index (χ3v) is 14.1. The Bertz CT molecular complexity index is 2070. The van der Waals surface area contributed by atoms with Crippen LogP contribution in [0.5, 0.6) is 0 Å². The lowest BCUT2D eigenvalue weighted by atomic mass is 9.66. The predicted molar refractivity (Wildman–Crippen MR) is 306 cm³/mol. The van der Waals surface area contributed by atoms with Crippen LogP contribution in [-0.2, 0) is 38.4 Å². The van der Waals surface area contributed by atoms with Crippen molar-refractivity contribution in [2.75, 3.05) is 0 Å². The molecule has 73 heavy (non-hydrogen) atoms. The van der Waals surface area contributed by atoms with E-state index in [1.165, 1.54) is 46.9 Å². The van der Waals surface area contributed by atoms with Gasteiger partial charge in [-0.3, -0.25) is 24.0 Å². The molecule has 0 saturated heterocycles. The normalized spacial score (nSPS) is 26.0. The van der Waals surface area contributed by atoms with E-state index in [-0.39, 0.29) is 16.2 Å². The minimum absolute atomic E-state index is 0.250. The molecule has 0 aromatic rings. The Morgan fingerprint density at radius 2 is 1.23 bits per heavy atom. The molecule has 0 spiro atoms. The van der Waals surface area contributed by atoms with E-state index >= 15 is 0 Å². The predicted octanol–water partition coefficient (Wildman–Crippen LogP) is 15.4. The molecule has 0 heterocycles. The second kappa shape index (κ2) is 39.5. The van der Waals surface area contributed by atoms with Crippen LogP contribution in [-0.4, -0.2) is 50.3 Å². The van der Waals surface area contributed by atoms with Crippen molar-refractivity contribution in [2.45, 2.75) is 159 Å². The highest BCUT2D eigenvalue weighted by molar-refractivity contribution is 5.74. The van der Waals surface area contributed by atoms with Gasteiger partial charge in [-0.2, -0.15) is 0 Å². The van der Waals surface area contributed by atoms with Crippen molar-refractivity contribution in [2.24, 2.45) is 39.9 Å². The highest BCUT2D eigenvalue weighted by Crippen LogP contribution is 2.43. The van der Waals surface area contributed by atoms with Crippen molar-refractivity contribution < 1.29 is 38.4 Å². The quantitative estimate of drug-likeness (QED) is 0.107. The molecule has 0 aliphatic heterocycles. The molecule has 0 N–H and O–H groups in total. The molecular formula is C65H92O8. The Balaban J connectivity index is 0. The van der Waals surface area contributed by atoms with Crippen molar-refractivity contribution in [3.8, 4) is 0 Å². The summed E-state index contributed by atoms with van der Waals surface area (Å²) in [4.78, 5) is 81.6. The molecule has 7 unspecified atom stereocenters. The first-order chi connectivity index (χ1) is 34.7. The molecule has 7 atom stereocenters. The van der Waals surface area contributed by atoms with Gasteiger partial charge in [-0.25, -0.2) is 0 Å². The van der Waals surface area contributed by atoms with E-state index in [1.807, 2.05) is 26.8 Å². The summed E-state index contributed by atoms with van der Waals surface area (Å²) in [6.45, 7) is 35.0. The molecule has 6 aliphatic rings. The molecule has 0 saturated carbocycles. The van der Waals surface area contributed by atoms with Gasteiger partial charge in [0.1, 0.15) is 50.3 Å². The first-order valence-corrected chi connectivity index (χ1v) is 25.8. The number of fused-ring (bicyclic) bond motifs is 1. The van der Waals surface area contributed by atoms with E-state index < -0.39 is 0 Å². The maximum atomic E-state index is 11.2. The molecule has 8 nitrogen and oxygen atoms in total. The zero-order valence-corrected chi connectivity index (χ0v) is 46.5. The SMILES string of the molecule is C/C=C/C=O.C/C=C/C=O.C=C(C)C1(C=O)CCC(C)=CC1C.C=C(C)C1CC=C(C=O)CC1.C=CC1(C=O)CC=C(C)CC1.C=CC1(C=O)CCC=C(C)C1.CC(C)=CC=O.O=CC1=CCC2C=CCC2C1. The van der Waals surface area contributed by atoms with Crippen molar-refractivity contribution in [3.05, 3.63) is 156 Å². The third-order valence-electron chi connectivity index (χ3n) is 14.1. The van der Waals surface area contributed by atoms with Gasteiger partial charge in [-0.05, 0) is 205 Å². The lowest BCUT2D eigenvalue weighted by Gasteiger charge is -2.37. The topological polar surface area (TPSA) is 137 Å². The van der Waals surface area contributed by atoms with Crippen LogP contribution < -0.4 is 0 Å². The van der Waals surface area contributed by atoms with Crippen molar-refractivity contribution in [1.29, 1.82) is 0 Å². The molecule has 400 valence electrons.